The molecule has 0 aliphatic heterocycles. The molecule has 2 heteroatoms. The Labute approximate surface area is 117 Å². The topological polar surface area (TPSA) is 26.3 Å². The molecule has 19 heavy (non-hydrogen) atoms. The third-order valence-corrected chi connectivity index (χ3v) is 3.37. The van der Waals surface area contributed by atoms with E-state index in [-0.39, 0.29) is 11.4 Å². The number of carbonyl (C=O) groups excluding carboxylic acids is 1. The Balaban J connectivity index is 2.62. The maximum Gasteiger partial charge on any atom is 0.312 e. The van der Waals surface area contributed by atoms with E-state index in [4.69, 9.17) is 4.74 Å². The van der Waals surface area contributed by atoms with Gasteiger partial charge in [-0.15, -0.1) is 0 Å². The summed E-state index contributed by atoms with van der Waals surface area (Å²) in [4.78, 5) is 12.3. The first-order chi connectivity index (χ1) is 8.98. The van der Waals surface area contributed by atoms with Gasteiger partial charge in [0.25, 0.3) is 0 Å². The summed E-state index contributed by atoms with van der Waals surface area (Å²) in [5, 5.41) is 0. The van der Waals surface area contributed by atoms with Crippen LogP contribution in [0.4, 0.5) is 0 Å². The lowest BCUT2D eigenvalue weighted by atomic mass is 9.78. The van der Waals surface area contributed by atoms with E-state index in [1.54, 1.807) is 0 Å². The van der Waals surface area contributed by atoms with Gasteiger partial charge in [0.2, 0.25) is 0 Å². The molecule has 0 radical (unpaired) electrons. The highest BCUT2D eigenvalue weighted by Gasteiger charge is 2.34. The van der Waals surface area contributed by atoms with E-state index in [0.717, 1.165) is 24.8 Å². The number of esters is 1. The molecular formula is C17H26O2. The van der Waals surface area contributed by atoms with E-state index in [9.17, 15) is 4.79 Å². The molecule has 1 rings (SSSR count). The molecule has 1 aromatic rings. The number of rotatable bonds is 7. The molecule has 0 N–H and O–H groups in total. The lowest BCUT2D eigenvalue weighted by molar-refractivity contribution is -0.158. The smallest absolute Gasteiger partial charge is 0.312 e. The van der Waals surface area contributed by atoms with Crippen molar-refractivity contribution in [3.05, 3.63) is 35.9 Å². The molecule has 0 amide bonds. The van der Waals surface area contributed by atoms with Crippen molar-refractivity contribution in [1.29, 1.82) is 0 Å². The van der Waals surface area contributed by atoms with Gasteiger partial charge in [-0.3, -0.25) is 4.79 Å². The molecule has 0 heterocycles. The van der Waals surface area contributed by atoms with Gasteiger partial charge in [0.05, 0.1) is 5.41 Å². The SMILES string of the molecule is CCCC(C)(CC(C)C)C(=O)OCc1ccccc1. The van der Waals surface area contributed by atoms with Gasteiger partial charge < -0.3 is 4.74 Å². The summed E-state index contributed by atoms with van der Waals surface area (Å²) in [5.74, 6) is 0.438. The lowest BCUT2D eigenvalue weighted by Crippen LogP contribution is -2.31. The fraction of sp³-hybridized carbons (Fsp3) is 0.588. The molecule has 0 saturated carbocycles. The van der Waals surface area contributed by atoms with Crippen LogP contribution in [0, 0.1) is 11.3 Å². The standard InChI is InChI=1S/C17H26O2/c1-5-11-17(4,12-14(2)3)16(18)19-13-15-9-7-6-8-10-15/h6-10,14H,5,11-13H2,1-4H3. The minimum atomic E-state index is -0.350. The zero-order valence-corrected chi connectivity index (χ0v) is 12.6. The maximum atomic E-state index is 12.3. The zero-order valence-electron chi connectivity index (χ0n) is 12.6. The van der Waals surface area contributed by atoms with Crippen LogP contribution in [-0.2, 0) is 16.1 Å². The van der Waals surface area contributed by atoms with E-state index in [2.05, 4.69) is 20.8 Å². The van der Waals surface area contributed by atoms with Crippen LogP contribution < -0.4 is 0 Å². The first kappa shape index (κ1) is 15.7. The Morgan fingerprint density at radius 3 is 2.42 bits per heavy atom. The highest BCUT2D eigenvalue weighted by Crippen LogP contribution is 2.33. The predicted octanol–water partition coefficient (Wildman–Crippen LogP) is 4.58. The fourth-order valence-corrected chi connectivity index (χ4v) is 2.64. The van der Waals surface area contributed by atoms with Crippen LogP contribution in [0.1, 0.15) is 52.5 Å². The Hall–Kier alpha value is -1.31. The maximum absolute atomic E-state index is 12.3. The summed E-state index contributed by atoms with van der Waals surface area (Å²) in [5.41, 5.74) is 0.691. The monoisotopic (exact) mass is 262 g/mol. The number of hydrogen-bond donors (Lipinski definition) is 0. The van der Waals surface area contributed by atoms with Crippen molar-refractivity contribution in [2.75, 3.05) is 0 Å². The Bertz CT molecular complexity index is 384. The summed E-state index contributed by atoms with van der Waals surface area (Å²) in [7, 11) is 0. The molecule has 0 aromatic heterocycles. The van der Waals surface area contributed by atoms with Crippen LogP contribution in [0.15, 0.2) is 30.3 Å². The van der Waals surface area contributed by atoms with Crippen molar-refractivity contribution >= 4 is 5.97 Å². The zero-order chi connectivity index (χ0) is 14.3. The average Bonchev–Trinajstić information content (AvgIpc) is 2.36. The number of benzene rings is 1. The van der Waals surface area contributed by atoms with E-state index in [0.29, 0.717) is 12.5 Å². The van der Waals surface area contributed by atoms with E-state index in [1.807, 2.05) is 37.3 Å². The van der Waals surface area contributed by atoms with Crippen molar-refractivity contribution < 1.29 is 9.53 Å². The van der Waals surface area contributed by atoms with E-state index in [1.165, 1.54) is 0 Å². The Morgan fingerprint density at radius 1 is 1.26 bits per heavy atom. The molecule has 0 fully saturated rings. The molecule has 0 spiro atoms. The number of ether oxygens (including phenoxy) is 1. The lowest BCUT2D eigenvalue weighted by Gasteiger charge is -2.28. The molecule has 1 unspecified atom stereocenters. The summed E-state index contributed by atoms with van der Waals surface area (Å²) in [6, 6.07) is 9.84. The highest BCUT2D eigenvalue weighted by atomic mass is 16.5. The van der Waals surface area contributed by atoms with Gasteiger partial charge >= 0.3 is 5.97 Å². The van der Waals surface area contributed by atoms with Crippen LogP contribution in [0.5, 0.6) is 0 Å². The summed E-state index contributed by atoms with van der Waals surface area (Å²) < 4.78 is 5.51. The molecule has 106 valence electrons. The number of carbonyl (C=O) groups is 1. The van der Waals surface area contributed by atoms with Crippen LogP contribution in [0.3, 0.4) is 0 Å². The minimum absolute atomic E-state index is 0.0631. The molecule has 2 nitrogen and oxygen atoms in total. The van der Waals surface area contributed by atoms with Crippen LogP contribution in [0.25, 0.3) is 0 Å². The van der Waals surface area contributed by atoms with Gasteiger partial charge in [-0.1, -0.05) is 57.5 Å². The molecule has 0 aliphatic carbocycles. The summed E-state index contributed by atoms with van der Waals surface area (Å²) in [6.45, 7) is 8.82. The fourth-order valence-electron chi connectivity index (χ4n) is 2.64. The van der Waals surface area contributed by atoms with Gasteiger partial charge in [0, 0.05) is 0 Å². The van der Waals surface area contributed by atoms with Crippen LogP contribution in [0.2, 0.25) is 0 Å². The Kier molecular flexibility index (Phi) is 6.07. The normalized spacial score (nSPS) is 14.2. The molecule has 0 bridgehead atoms. The third kappa shape index (κ3) is 5.06. The first-order valence-corrected chi connectivity index (χ1v) is 7.19. The highest BCUT2D eigenvalue weighted by molar-refractivity contribution is 5.76. The molecular weight excluding hydrogens is 236 g/mol. The minimum Gasteiger partial charge on any atom is -0.460 e. The summed E-state index contributed by atoms with van der Waals surface area (Å²) in [6.07, 6.45) is 2.77. The van der Waals surface area contributed by atoms with E-state index < -0.39 is 0 Å². The second-order valence-electron chi connectivity index (χ2n) is 5.97. The van der Waals surface area contributed by atoms with Crippen molar-refractivity contribution in [2.24, 2.45) is 11.3 Å². The van der Waals surface area contributed by atoms with Crippen molar-refractivity contribution in [1.82, 2.24) is 0 Å². The predicted molar refractivity (Wildman–Crippen MR) is 78.7 cm³/mol. The van der Waals surface area contributed by atoms with Crippen LogP contribution >= 0.6 is 0 Å². The molecule has 1 aromatic carbocycles. The van der Waals surface area contributed by atoms with Crippen LogP contribution in [-0.4, -0.2) is 5.97 Å². The Morgan fingerprint density at radius 2 is 1.89 bits per heavy atom. The molecule has 1 atom stereocenters. The first-order valence-electron chi connectivity index (χ1n) is 7.19. The van der Waals surface area contributed by atoms with E-state index >= 15 is 0 Å². The van der Waals surface area contributed by atoms with Gasteiger partial charge in [0.15, 0.2) is 0 Å². The van der Waals surface area contributed by atoms with Gasteiger partial charge in [0.1, 0.15) is 6.61 Å². The second-order valence-corrected chi connectivity index (χ2v) is 5.97. The average molecular weight is 262 g/mol. The van der Waals surface area contributed by atoms with Gasteiger partial charge in [-0.25, -0.2) is 0 Å². The van der Waals surface area contributed by atoms with Crippen molar-refractivity contribution in [2.45, 2.75) is 53.6 Å². The largest absolute Gasteiger partial charge is 0.460 e. The van der Waals surface area contributed by atoms with Gasteiger partial charge in [-0.2, -0.15) is 0 Å². The quantitative estimate of drug-likeness (QED) is 0.672. The summed E-state index contributed by atoms with van der Waals surface area (Å²) >= 11 is 0. The van der Waals surface area contributed by atoms with Crippen molar-refractivity contribution in [3.63, 3.8) is 0 Å². The molecule has 0 saturated heterocycles. The van der Waals surface area contributed by atoms with Gasteiger partial charge in [-0.05, 0) is 31.2 Å². The van der Waals surface area contributed by atoms with Crippen molar-refractivity contribution in [3.8, 4) is 0 Å². The third-order valence-electron chi connectivity index (χ3n) is 3.37. The molecule has 0 aliphatic rings. The number of hydrogen-bond acceptors (Lipinski definition) is 2. The second kappa shape index (κ2) is 7.32.